The number of sulfone groups is 1. The average Bonchev–Trinajstić information content (AvgIpc) is 2.99. The van der Waals surface area contributed by atoms with E-state index in [1.165, 1.54) is 23.8 Å². The number of rotatable bonds is 12. The van der Waals surface area contributed by atoms with Gasteiger partial charge >= 0.3 is 0 Å². The first-order chi connectivity index (χ1) is 19.8. The SMILES string of the molecule is CCS(=O)(=O)c1ccc(NC=O)cc1CNC(=O)CNc1ccc2c(N)nccc2c1.COCCc1ccccc1. The molecule has 0 saturated carbocycles. The molecule has 0 aliphatic carbocycles. The van der Waals surface area contributed by atoms with Crippen LogP contribution in [0.25, 0.3) is 10.8 Å². The maximum absolute atomic E-state index is 12.3. The minimum atomic E-state index is -3.49. The molecule has 4 rings (SSSR count). The number of pyridine rings is 1. The lowest BCUT2D eigenvalue weighted by molar-refractivity contribution is -0.119. The second-order valence-electron chi connectivity index (χ2n) is 8.98. The van der Waals surface area contributed by atoms with Crippen molar-refractivity contribution in [3.05, 3.63) is 90.1 Å². The number of fused-ring (bicyclic) bond motifs is 1. The monoisotopic (exact) mass is 577 g/mol. The number of nitrogen functional groups attached to an aromatic ring is 1. The summed E-state index contributed by atoms with van der Waals surface area (Å²) >= 11 is 0. The summed E-state index contributed by atoms with van der Waals surface area (Å²) < 4.78 is 29.6. The Morgan fingerprint density at radius 3 is 2.49 bits per heavy atom. The highest BCUT2D eigenvalue weighted by molar-refractivity contribution is 7.91. The first-order valence-electron chi connectivity index (χ1n) is 13.0. The second-order valence-corrected chi connectivity index (χ2v) is 11.2. The van der Waals surface area contributed by atoms with E-state index in [1.54, 1.807) is 26.3 Å². The fraction of sp³-hybridized carbons (Fsp3) is 0.233. The highest BCUT2D eigenvalue weighted by atomic mass is 32.2. The summed E-state index contributed by atoms with van der Waals surface area (Å²) in [5.41, 5.74) is 8.76. The predicted molar refractivity (Wildman–Crippen MR) is 162 cm³/mol. The summed E-state index contributed by atoms with van der Waals surface area (Å²) in [6.07, 6.45) is 3.13. The number of nitrogens with one attached hydrogen (secondary N) is 3. The van der Waals surface area contributed by atoms with E-state index in [-0.39, 0.29) is 29.6 Å². The quantitative estimate of drug-likeness (QED) is 0.186. The zero-order chi connectivity index (χ0) is 29.7. The van der Waals surface area contributed by atoms with Crippen LogP contribution in [-0.4, -0.2) is 51.7 Å². The van der Waals surface area contributed by atoms with Crippen molar-refractivity contribution in [3.8, 4) is 0 Å². The molecule has 5 N–H and O–H groups in total. The van der Waals surface area contributed by atoms with E-state index in [9.17, 15) is 18.0 Å². The Balaban J connectivity index is 0.000000389. The summed E-state index contributed by atoms with van der Waals surface area (Å²) in [5, 5.41) is 9.94. The minimum Gasteiger partial charge on any atom is -0.384 e. The number of ether oxygens (including phenoxy) is 1. The summed E-state index contributed by atoms with van der Waals surface area (Å²) in [6.45, 7) is 2.36. The molecule has 216 valence electrons. The van der Waals surface area contributed by atoms with Crippen LogP contribution in [0.4, 0.5) is 17.2 Å². The third kappa shape index (κ3) is 9.30. The van der Waals surface area contributed by atoms with Gasteiger partial charge in [0.2, 0.25) is 12.3 Å². The maximum atomic E-state index is 12.3. The molecular weight excluding hydrogens is 542 g/mol. The Bertz CT molecular complexity index is 1560. The number of benzene rings is 3. The topological polar surface area (TPSA) is 153 Å². The van der Waals surface area contributed by atoms with Gasteiger partial charge in [-0.2, -0.15) is 0 Å². The first kappa shape index (κ1) is 31.1. The van der Waals surface area contributed by atoms with E-state index in [0.717, 1.165) is 29.5 Å². The van der Waals surface area contributed by atoms with Gasteiger partial charge in [0.05, 0.1) is 23.8 Å². The number of nitrogens with two attached hydrogens (primary N) is 1. The fourth-order valence-corrected chi connectivity index (χ4v) is 5.07. The first-order valence-corrected chi connectivity index (χ1v) is 14.7. The van der Waals surface area contributed by atoms with Gasteiger partial charge in [0.1, 0.15) is 5.82 Å². The number of methoxy groups -OCH3 is 1. The highest BCUT2D eigenvalue weighted by Crippen LogP contribution is 2.23. The molecule has 10 nitrogen and oxygen atoms in total. The Labute approximate surface area is 240 Å². The molecule has 11 heteroatoms. The van der Waals surface area contributed by atoms with Crippen molar-refractivity contribution in [2.45, 2.75) is 24.8 Å². The normalized spacial score (nSPS) is 10.8. The van der Waals surface area contributed by atoms with Crippen LogP contribution in [0.3, 0.4) is 0 Å². The number of carbonyl (C=O) groups excluding carboxylic acids is 2. The third-order valence-corrected chi connectivity index (χ3v) is 7.99. The van der Waals surface area contributed by atoms with Crippen molar-refractivity contribution in [2.75, 3.05) is 42.4 Å². The van der Waals surface area contributed by atoms with Crippen LogP contribution in [0.2, 0.25) is 0 Å². The van der Waals surface area contributed by atoms with Crippen molar-refractivity contribution in [1.29, 1.82) is 0 Å². The molecule has 3 aromatic carbocycles. The molecule has 0 saturated heterocycles. The van der Waals surface area contributed by atoms with Crippen molar-refractivity contribution in [1.82, 2.24) is 10.3 Å². The van der Waals surface area contributed by atoms with Crippen LogP contribution < -0.4 is 21.7 Å². The van der Waals surface area contributed by atoms with E-state index < -0.39 is 9.84 Å². The Kier molecular flexibility index (Phi) is 11.6. The Hall–Kier alpha value is -4.48. The molecule has 0 unspecified atom stereocenters. The lowest BCUT2D eigenvalue weighted by Gasteiger charge is -2.13. The zero-order valence-electron chi connectivity index (χ0n) is 23.1. The van der Waals surface area contributed by atoms with E-state index in [4.69, 9.17) is 10.5 Å². The van der Waals surface area contributed by atoms with Crippen LogP contribution in [0.5, 0.6) is 0 Å². The molecule has 1 heterocycles. The molecule has 1 aromatic heterocycles. The number of amides is 2. The van der Waals surface area contributed by atoms with Crippen molar-refractivity contribution < 1.29 is 22.7 Å². The Morgan fingerprint density at radius 2 is 1.78 bits per heavy atom. The Morgan fingerprint density at radius 1 is 1.02 bits per heavy atom. The van der Waals surface area contributed by atoms with Gasteiger partial charge in [-0.25, -0.2) is 13.4 Å². The van der Waals surface area contributed by atoms with E-state index in [0.29, 0.717) is 23.5 Å². The van der Waals surface area contributed by atoms with Crippen molar-refractivity contribution in [2.24, 2.45) is 0 Å². The van der Waals surface area contributed by atoms with Gasteiger partial charge in [-0.3, -0.25) is 9.59 Å². The molecule has 0 aliphatic rings. The number of hydrogen-bond donors (Lipinski definition) is 4. The highest BCUT2D eigenvalue weighted by Gasteiger charge is 2.17. The molecule has 4 aromatic rings. The molecule has 0 radical (unpaired) electrons. The van der Waals surface area contributed by atoms with Crippen LogP contribution >= 0.6 is 0 Å². The van der Waals surface area contributed by atoms with Crippen LogP contribution in [0, 0.1) is 0 Å². The van der Waals surface area contributed by atoms with Crippen LogP contribution in [-0.2, 0) is 37.1 Å². The summed E-state index contributed by atoms with van der Waals surface area (Å²) in [6, 6.07) is 22.1. The average molecular weight is 578 g/mol. The lowest BCUT2D eigenvalue weighted by Crippen LogP contribution is -2.30. The van der Waals surface area contributed by atoms with Gasteiger partial charge < -0.3 is 26.4 Å². The molecular formula is C30H35N5O5S. The largest absolute Gasteiger partial charge is 0.384 e. The van der Waals surface area contributed by atoms with E-state index >= 15 is 0 Å². The van der Waals surface area contributed by atoms with Gasteiger partial charge in [-0.15, -0.1) is 0 Å². The number of anilines is 3. The van der Waals surface area contributed by atoms with E-state index in [2.05, 4.69) is 33.1 Å². The van der Waals surface area contributed by atoms with E-state index in [1.807, 2.05) is 36.4 Å². The van der Waals surface area contributed by atoms with Gasteiger partial charge in [-0.1, -0.05) is 37.3 Å². The number of hydrogen-bond acceptors (Lipinski definition) is 8. The molecule has 0 aliphatic heterocycles. The van der Waals surface area contributed by atoms with Gasteiger partial charge in [0.15, 0.2) is 9.84 Å². The smallest absolute Gasteiger partial charge is 0.239 e. The minimum absolute atomic E-state index is 0.00335. The number of aromatic nitrogens is 1. The zero-order valence-corrected chi connectivity index (χ0v) is 23.9. The van der Waals surface area contributed by atoms with Crippen molar-refractivity contribution in [3.63, 3.8) is 0 Å². The molecule has 2 amide bonds. The molecule has 0 atom stereocenters. The molecule has 0 spiro atoms. The van der Waals surface area contributed by atoms with Crippen LogP contribution in [0.1, 0.15) is 18.1 Å². The van der Waals surface area contributed by atoms with Crippen LogP contribution in [0.15, 0.2) is 83.9 Å². The number of nitrogens with zero attached hydrogens (tertiary/aromatic N) is 1. The molecule has 0 fully saturated rings. The van der Waals surface area contributed by atoms with Gasteiger partial charge in [0, 0.05) is 36.6 Å². The summed E-state index contributed by atoms with van der Waals surface area (Å²) in [7, 11) is -1.76. The molecule has 41 heavy (non-hydrogen) atoms. The van der Waals surface area contributed by atoms with Crippen molar-refractivity contribution >= 4 is 50.1 Å². The lowest BCUT2D eigenvalue weighted by atomic mass is 10.1. The standard InChI is InChI=1S/C21H23N5O4S.C9H12O/c1-2-31(29,30)19-6-4-17(26-13-27)10-15(19)11-25-20(28)12-24-16-3-5-18-14(9-16)7-8-23-21(18)22;1-10-8-7-9-5-3-2-4-6-9/h3-10,13,24H,2,11-12H2,1H3,(H2,22,23)(H,25,28)(H,26,27);2-6H,7-8H2,1H3. The predicted octanol–water partition coefficient (Wildman–Crippen LogP) is 3.78. The molecule has 0 bridgehead atoms. The summed E-state index contributed by atoms with van der Waals surface area (Å²) in [5.74, 6) is 0.0478. The third-order valence-electron chi connectivity index (χ3n) is 6.16. The van der Waals surface area contributed by atoms with Gasteiger partial charge in [-0.05, 0) is 65.4 Å². The number of carbonyl (C=O) groups is 2. The maximum Gasteiger partial charge on any atom is 0.239 e. The fourth-order valence-electron chi connectivity index (χ4n) is 3.95. The summed E-state index contributed by atoms with van der Waals surface area (Å²) in [4.78, 5) is 27.2. The van der Waals surface area contributed by atoms with Gasteiger partial charge in [0.25, 0.3) is 0 Å². The second kappa shape index (κ2) is 15.3.